The van der Waals surface area contributed by atoms with Gasteiger partial charge < -0.3 is 19.5 Å². The van der Waals surface area contributed by atoms with Crippen molar-refractivity contribution in [3.8, 4) is 11.5 Å². The lowest BCUT2D eigenvalue weighted by Crippen LogP contribution is -2.36. The molecular weight excluding hydrogens is 442 g/mol. The van der Waals surface area contributed by atoms with Crippen LogP contribution in [-0.4, -0.2) is 25.2 Å². The average Bonchev–Trinajstić information content (AvgIpc) is 3.26. The fourth-order valence-corrected chi connectivity index (χ4v) is 5.04. The van der Waals surface area contributed by atoms with Gasteiger partial charge in [0.1, 0.15) is 0 Å². The third kappa shape index (κ3) is 3.89. The molecule has 3 aliphatic rings. The summed E-state index contributed by atoms with van der Waals surface area (Å²) < 4.78 is 16.4. The van der Waals surface area contributed by atoms with E-state index in [0.717, 1.165) is 16.8 Å². The Morgan fingerprint density at radius 2 is 1.82 bits per heavy atom. The lowest BCUT2D eigenvalue weighted by Gasteiger charge is -2.36. The highest BCUT2D eigenvalue weighted by atomic mass is 35.5. The average molecular weight is 466 g/mol. The minimum atomic E-state index is -0.534. The Hall–Kier alpha value is -3.25. The standard InChI is InChI=1S/C26H24ClNO5/c1-3-31-26(30)23-14(2)28-19-10-17(15-4-7-18(27)8-5-15)11-20(29)25(19)24(23)16-6-9-21-22(12-16)33-13-32-21/h4-9,12,17,24,28H,3,10-11,13H2,1-2H3/t17-,24-/m0/s1. The van der Waals surface area contributed by atoms with E-state index in [-0.39, 0.29) is 25.1 Å². The van der Waals surface area contributed by atoms with Crippen LogP contribution in [0.5, 0.6) is 11.5 Å². The maximum Gasteiger partial charge on any atom is 0.336 e. The van der Waals surface area contributed by atoms with Crippen LogP contribution < -0.4 is 14.8 Å². The monoisotopic (exact) mass is 465 g/mol. The number of carbonyl (C=O) groups is 2. The van der Waals surface area contributed by atoms with Crippen LogP contribution in [0, 0.1) is 0 Å². The first kappa shape index (κ1) is 21.6. The number of ether oxygens (including phenoxy) is 3. The van der Waals surface area contributed by atoms with Crippen LogP contribution >= 0.6 is 11.6 Å². The second-order valence-corrected chi connectivity index (χ2v) is 8.84. The molecule has 6 nitrogen and oxygen atoms in total. The fraction of sp³-hybridized carbons (Fsp3) is 0.308. The van der Waals surface area contributed by atoms with E-state index in [1.54, 1.807) is 6.92 Å². The summed E-state index contributed by atoms with van der Waals surface area (Å²) >= 11 is 6.05. The largest absolute Gasteiger partial charge is 0.463 e. The number of Topliss-reactive ketones (excluding diaryl/α,β-unsaturated/α-hetero) is 1. The summed E-state index contributed by atoms with van der Waals surface area (Å²) in [6.45, 7) is 4.03. The Balaban J connectivity index is 1.59. The summed E-state index contributed by atoms with van der Waals surface area (Å²) in [7, 11) is 0. The zero-order valence-electron chi connectivity index (χ0n) is 18.4. The maximum atomic E-state index is 13.6. The molecule has 0 spiro atoms. The van der Waals surface area contributed by atoms with Crippen molar-refractivity contribution in [2.24, 2.45) is 0 Å². The second-order valence-electron chi connectivity index (χ2n) is 8.40. The molecule has 1 N–H and O–H groups in total. The number of ketones is 1. The topological polar surface area (TPSA) is 73.9 Å². The molecule has 7 heteroatoms. The number of hydrogen-bond acceptors (Lipinski definition) is 6. The normalized spacial score (nSPS) is 21.6. The first-order valence-corrected chi connectivity index (χ1v) is 11.4. The number of rotatable bonds is 4. The molecule has 0 saturated carbocycles. The van der Waals surface area contributed by atoms with E-state index in [1.165, 1.54) is 0 Å². The van der Waals surface area contributed by atoms with E-state index >= 15 is 0 Å². The van der Waals surface area contributed by atoms with Crippen molar-refractivity contribution in [3.05, 3.63) is 81.2 Å². The Labute approximate surface area is 197 Å². The summed E-state index contributed by atoms with van der Waals surface area (Å²) in [4.78, 5) is 26.6. The molecule has 0 bridgehead atoms. The molecule has 2 aromatic carbocycles. The van der Waals surface area contributed by atoms with Gasteiger partial charge in [0.05, 0.1) is 12.2 Å². The molecule has 0 unspecified atom stereocenters. The SMILES string of the molecule is CCOC(=O)C1=C(C)NC2=C(C(=O)C[C@@H](c3ccc(Cl)cc3)C2)[C@H]1c1ccc2c(c1)OCO2. The summed E-state index contributed by atoms with van der Waals surface area (Å²) in [5.74, 6) is 0.350. The molecule has 2 atom stereocenters. The van der Waals surface area contributed by atoms with Gasteiger partial charge in [-0.2, -0.15) is 0 Å². The smallest absolute Gasteiger partial charge is 0.336 e. The van der Waals surface area contributed by atoms with Gasteiger partial charge in [0, 0.05) is 34.3 Å². The number of esters is 1. The second kappa shape index (κ2) is 8.60. The number of dihydropyridines is 1. The maximum absolute atomic E-state index is 13.6. The van der Waals surface area contributed by atoms with E-state index in [9.17, 15) is 9.59 Å². The van der Waals surface area contributed by atoms with E-state index in [1.807, 2.05) is 49.4 Å². The van der Waals surface area contributed by atoms with Gasteiger partial charge in [0.2, 0.25) is 6.79 Å². The van der Waals surface area contributed by atoms with Gasteiger partial charge in [0.25, 0.3) is 0 Å². The Kier molecular flexibility index (Phi) is 5.62. The van der Waals surface area contributed by atoms with Crippen molar-refractivity contribution in [2.45, 2.75) is 38.5 Å². The van der Waals surface area contributed by atoms with Crippen molar-refractivity contribution < 1.29 is 23.8 Å². The molecular formula is C26H24ClNO5. The van der Waals surface area contributed by atoms with E-state index in [4.69, 9.17) is 25.8 Å². The Bertz CT molecular complexity index is 1200. The van der Waals surface area contributed by atoms with E-state index in [0.29, 0.717) is 46.2 Å². The van der Waals surface area contributed by atoms with Gasteiger partial charge in [-0.05, 0) is 61.6 Å². The van der Waals surface area contributed by atoms with Crippen molar-refractivity contribution in [3.63, 3.8) is 0 Å². The van der Waals surface area contributed by atoms with Gasteiger partial charge in [-0.3, -0.25) is 4.79 Å². The zero-order chi connectivity index (χ0) is 23.1. The summed E-state index contributed by atoms with van der Waals surface area (Å²) in [5, 5.41) is 4.02. The minimum Gasteiger partial charge on any atom is -0.463 e. The summed E-state index contributed by atoms with van der Waals surface area (Å²) in [5.41, 5.74) is 4.48. The van der Waals surface area contributed by atoms with Crippen LogP contribution in [-0.2, 0) is 14.3 Å². The van der Waals surface area contributed by atoms with Gasteiger partial charge in [0.15, 0.2) is 17.3 Å². The van der Waals surface area contributed by atoms with Crippen molar-refractivity contribution in [2.75, 3.05) is 13.4 Å². The van der Waals surface area contributed by atoms with Crippen LogP contribution in [0.4, 0.5) is 0 Å². The molecule has 0 fully saturated rings. The first-order valence-electron chi connectivity index (χ1n) is 11.0. The third-order valence-electron chi connectivity index (χ3n) is 6.39. The Morgan fingerprint density at radius 1 is 1.09 bits per heavy atom. The minimum absolute atomic E-state index is 0.0145. The van der Waals surface area contributed by atoms with Crippen molar-refractivity contribution in [1.82, 2.24) is 5.32 Å². The molecule has 0 saturated heterocycles. The number of allylic oxidation sites excluding steroid dienone is 3. The van der Waals surface area contributed by atoms with Crippen LogP contribution in [0.25, 0.3) is 0 Å². The third-order valence-corrected chi connectivity index (χ3v) is 6.65. The number of benzene rings is 2. The molecule has 0 amide bonds. The highest BCUT2D eigenvalue weighted by molar-refractivity contribution is 6.30. The molecule has 0 aromatic heterocycles. The number of fused-ring (bicyclic) bond motifs is 1. The quantitative estimate of drug-likeness (QED) is 0.641. The number of hydrogen-bond donors (Lipinski definition) is 1. The molecule has 0 radical (unpaired) electrons. The lowest BCUT2D eigenvalue weighted by atomic mass is 9.71. The van der Waals surface area contributed by atoms with Gasteiger partial charge in [-0.1, -0.05) is 29.8 Å². The molecule has 33 heavy (non-hydrogen) atoms. The van der Waals surface area contributed by atoms with E-state index in [2.05, 4.69) is 5.32 Å². The first-order chi connectivity index (χ1) is 16.0. The molecule has 2 heterocycles. The van der Waals surface area contributed by atoms with Crippen molar-refractivity contribution >= 4 is 23.4 Å². The highest BCUT2D eigenvalue weighted by Crippen LogP contribution is 2.47. The molecule has 2 aliphatic heterocycles. The van der Waals surface area contributed by atoms with Gasteiger partial charge in [-0.25, -0.2) is 4.79 Å². The molecule has 2 aromatic rings. The summed E-state index contributed by atoms with van der Waals surface area (Å²) in [6, 6.07) is 13.2. The molecule has 1 aliphatic carbocycles. The zero-order valence-corrected chi connectivity index (χ0v) is 19.2. The number of halogens is 1. The number of nitrogens with one attached hydrogen (secondary N) is 1. The lowest BCUT2D eigenvalue weighted by molar-refractivity contribution is -0.138. The van der Waals surface area contributed by atoms with Crippen LogP contribution in [0.3, 0.4) is 0 Å². The fourth-order valence-electron chi connectivity index (χ4n) is 4.92. The van der Waals surface area contributed by atoms with Crippen LogP contribution in [0.15, 0.2) is 65.0 Å². The highest BCUT2D eigenvalue weighted by Gasteiger charge is 2.41. The molecule has 5 rings (SSSR count). The molecule has 170 valence electrons. The van der Waals surface area contributed by atoms with Gasteiger partial charge in [-0.15, -0.1) is 0 Å². The van der Waals surface area contributed by atoms with E-state index < -0.39 is 11.9 Å². The predicted octanol–water partition coefficient (Wildman–Crippen LogP) is 4.99. The number of carbonyl (C=O) groups excluding carboxylic acids is 2. The van der Waals surface area contributed by atoms with Crippen LogP contribution in [0.1, 0.15) is 49.7 Å². The Morgan fingerprint density at radius 3 is 2.58 bits per heavy atom. The van der Waals surface area contributed by atoms with Crippen LogP contribution in [0.2, 0.25) is 5.02 Å². The predicted molar refractivity (Wildman–Crippen MR) is 123 cm³/mol. The van der Waals surface area contributed by atoms with Crippen molar-refractivity contribution in [1.29, 1.82) is 0 Å². The van der Waals surface area contributed by atoms with Gasteiger partial charge >= 0.3 is 5.97 Å². The summed E-state index contributed by atoms with van der Waals surface area (Å²) in [6.07, 6.45) is 1.02.